The summed E-state index contributed by atoms with van der Waals surface area (Å²) in [5, 5.41) is 14.1. The zero-order valence-electron chi connectivity index (χ0n) is 9.21. The van der Waals surface area contributed by atoms with E-state index in [1.165, 1.54) is 17.4 Å². The predicted octanol–water partition coefficient (Wildman–Crippen LogP) is 3.53. The van der Waals surface area contributed by atoms with Crippen LogP contribution >= 0.6 is 27.3 Å². The number of benzene rings is 1. The molecule has 0 saturated carbocycles. The van der Waals surface area contributed by atoms with Gasteiger partial charge in [0.25, 0.3) is 0 Å². The molecule has 0 amide bonds. The van der Waals surface area contributed by atoms with Crippen molar-refractivity contribution in [2.75, 3.05) is 0 Å². The highest BCUT2D eigenvalue weighted by Gasteiger charge is 2.16. The van der Waals surface area contributed by atoms with Crippen LogP contribution in [0.4, 0.5) is 5.69 Å². The van der Waals surface area contributed by atoms with Gasteiger partial charge >= 0.3 is 5.69 Å². The van der Waals surface area contributed by atoms with Crippen LogP contribution < -0.4 is 4.74 Å². The lowest BCUT2D eigenvalue weighted by Gasteiger charge is -2.06. The van der Waals surface area contributed by atoms with Crippen LogP contribution in [0.2, 0.25) is 0 Å². The number of hydrogen-bond donors (Lipinski definition) is 0. The van der Waals surface area contributed by atoms with Gasteiger partial charge in [-0.05, 0) is 11.6 Å². The molecule has 0 bridgehead atoms. The summed E-state index contributed by atoms with van der Waals surface area (Å²) in [7, 11) is 0. The van der Waals surface area contributed by atoms with Crippen LogP contribution in [0.15, 0.2) is 29.8 Å². The van der Waals surface area contributed by atoms with E-state index in [9.17, 15) is 10.1 Å². The van der Waals surface area contributed by atoms with E-state index in [1.54, 1.807) is 18.3 Å². The van der Waals surface area contributed by atoms with Crippen molar-refractivity contribution in [1.29, 1.82) is 0 Å². The monoisotopic (exact) mass is 328 g/mol. The van der Waals surface area contributed by atoms with Crippen LogP contribution in [0.1, 0.15) is 10.6 Å². The molecule has 0 N–H and O–H groups in total. The Morgan fingerprint density at radius 1 is 1.50 bits per heavy atom. The molecule has 0 saturated heterocycles. The van der Waals surface area contributed by atoms with E-state index in [0.717, 1.165) is 10.6 Å². The summed E-state index contributed by atoms with van der Waals surface area (Å²) in [6.45, 7) is 0.242. The van der Waals surface area contributed by atoms with E-state index in [1.807, 2.05) is 5.38 Å². The number of nitro groups is 1. The summed E-state index contributed by atoms with van der Waals surface area (Å²) < 4.78 is 5.43. The number of rotatable bonds is 5. The number of thiazole rings is 1. The third-order valence-electron chi connectivity index (χ3n) is 2.21. The minimum Gasteiger partial charge on any atom is -0.479 e. The summed E-state index contributed by atoms with van der Waals surface area (Å²) in [5.74, 6) is 0.264. The average Bonchev–Trinajstić information content (AvgIpc) is 2.89. The second-order valence-corrected chi connectivity index (χ2v) is 4.95. The van der Waals surface area contributed by atoms with Gasteiger partial charge < -0.3 is 4.74 Å². The first kappa shape index (κ1) is 13.0. The highest BCUT2D eigenvalue weighted by Crippen LogP contribution is 2.29. The Labute approximate surface area is 116 Å². The minimum atomic E-state index is -0.441. The first-order chi connectivity index (χ1) is 8.70. The average molecular weight is 329 g/mol. The minimum absolute atomic E-state index is 0.0245. The molecule has 2 aromatic rings. The second kappa shape index (κ2) is 5.92. The Hall–Kier alpha value is -1.47. The fraction of sp³-hybridized carbons (Fsp3) is 0.182. The van der Waals surface area contributed by atoms with Crippen molar-refractivity contribution in [2.24, 2.45) is 0 Å². The van der Waals surface area contributed by atoms with Gasteiger partial charge in [-0.3, -0.25) is 10.1 Å². The van der Waals surface area contributed by atoms with Crippen LogP contribution in [0.25, 0.3) is 0 Å². The van der Waals surface area contributed by atoms with Gasteiger partial charge in [0, 0.05) is 23.0 Å². The third-order valence-corrected chi connectivity index (χ3v) is 3.61. The Kier molecular flexibility index (Phi) is 4.27. The number of nitrogens with zero attached hydrogens (tertiary/aromatic N) is 2. The van der Waals surface area contributed by atoms with E-state index < -0.39 is 4.92 Å². The molecule has 1 aromatic heterocycles. The first-order valence-electron chi connectivity index (χ1n) is 5.05. The van der Waals surface area contributed by atoms with Gasteiger partial charge in [0.2, 0.25) is 0 Å². The van der Waals surface area contributed by atoms with Gasteiger partial charge in [-0.25, -0.2) is 4.98 Å². The number of aromatic nitrogens is 1. The van der Waals surface area contributed by atoms with Crippen molar-refractivity contribution in [2.45, 2.75) is 11.9 Å². The quantitative estimate of drug-likeness (QED) is 0.478. The van der Waals surface area contributed by atoms with E-state index in [0.29, 0.717) is 5.33 Å². The SMILES string of the molecule is O=[N+]([O-])c1cc(CBr)ccc1OCc1nccs1. The normalized spacial score (nSPS) is 10.3. The number of alkyl halides is 1. The Morgan fingerprint density at radius 2 is 2.33 bits per heavy atom. The van der Waals surface area contributed by atoms with E-state index in [4.69, 9.17) is 4.74 Å². The highest BCUT2D eigenvalue weighted by atomic mass is 79.9. The van der Waals surface area contributed by atoms with Crippen LogP contribution in [-0.2, 0) is 11.9 Å². The molecule has 0 radical (unpaired) electrons. The number of nitro benzene ring substituents is 1. The fourth-order valence-electron chi connectivity index (χ4n) is 1.37. The number of halogens is 1. The topological polar surface area (TPSA) is 65.3 Å². The molecular weight excluding hydrogens is 320 g/mol. The first-order valence-corrected chi connectivity index (χ1v) is 7.05. The fourth-order valence-corrected chi connectivity index (χ4v) is 2.25. The predicted molar refractivity (Wildman–Crippen MR) is 72.2 cm³/mol. The molecule has 0 aliphatic heterocycles. The van der Waals surface area contributed by atoms with Crippen molar-refractivity contribution in [3.63, 3.8) is 0 Å². The molecule has 2 rings (SSSR count). The molecule has 0 aliphatic carbocycles. The zero-order valence-corrected chi connectivity index (χ0v) is 11.6. The van der Waals surface area contributed by atoms with Crippen LogP contribution in [0.5, 0.6) is 5.75 Å². The molecule has 1 heterocycles. The van der Waals surface area contributed by atoms with E-state index in [-0.39, 0.29) is 18.0 Å². The Balaban J connectivity index is 2.18. The molecule has 0 atom stereocenters. The molecular formula is C11H9BrN2O3S. The summed E-state index contributed by atoms with van der Waals surface area (Å²) in [6, 6.07) is 4.91. The van der Waals surface area contributed by atoms with Crippen LogP contribution in [-0.4, -0.2) is 9.91 Å². The van der Waals surface area contributed by atoms with Crippen LogP contribution in [0.3, 0.4) is 0 Å². The van der Waals surface area contributed by atoms with Crippen molar-refractivity contribution < 1.29 is 9.66 Å². The third kappa shape index (κ3) is 3.05. The summed E-state index contributed by atoms with van der Waals surface area (Å²) >= 11 is 4.71. The lowest BCUT2D eigenvalue weighted by Crippen LogP contribution is -1.99. The molecule has 0 aliphatic rings. The second-order valence-electron chi connectivity index (χ2n) is 3.41. The molecule has 0 fully saturated rings. The van der Waals surface area contributed by atoms with Gasteiger partial charge in [0.15, 0.2) is 5.75 Å². The number of hydrogen-bond acceptors (Lipinski definition) is 5. The summed E-state index contributed by atoms with van der Waals surface area (Å²) in [6.07, 6.45) is 1.67. The van der Waals surface area contributed by atoms with Crippen molar-refractivity contribution in [1.82, 2.24) is 4.98 Å². The van der Waals surface area contributed by atoms with Gasteiger partial charge in [-0.2, -0.15) is 0 Å². The maximum Gasteiger partial charge on any atom is 0.311 e. The van der Waals surface area contributed by atoms with E-state index >= 15 is 0 Å². The zero-order chi connectivity index (χ0) is 13.0. The van der Waals surface area contributed by atoms with Crippen molar-refractivity contribution in [3.05, 3.63) is 50.5 Å². The van der Waals surface area contributed by atoms with Crippen molar-refractivity contribution >= 4 is 33.0 Å². The molecule has 5 nitrogen and oxygen atoms in total. The standard InChI is InChI=1S/C11H9BrN2O3S/c12-6-8-1-2-10(9(5-8)14(15)16)17-7-11-13-3-4-18-11/h1-5H,6-7H2. The molecule has 94 valence electrons. The van der Waals surface area contributed by atoms with Gasteiger partial charge in [-0.1, -0.05) is 22.0 Å². The van der Waals surface area contributed by atoms with Gasteiger partial charge in [0.1, 0.15) is 11.6 Å². The van der Waals surface area contributed by atoms with Gasteiger partial charge in [0.05, 0.1) is 4.92 Å². The Morgan fingerprint density at radius 3 is 2.94 bits per heavy atom. The molecule has 18 heavy (non-hydrogen) atoms. The molecule has 7 heteroatoms. The molecule has 0 spiro atoms. The highest BCUT2D eigenvalue weighted by molar-refractivity contribution is 9.08. The van der Waals surface area contributed by atoms with Gasteiger partial charge in [-0.15, -0.1) is 11.3 Å². The Bertz CT molecular complexity index is 545. The summed E-state index contributed by atoms with van der Waals surface area (Å²) in [4.78, 5) is 14.6. The number of ether oxygens (including phenoxy) is 1. The molecule has 0 unspecified atom stereocenters. The maximum absolute atomic E-state index is 10.9. The van der Waals surface area contributed by atoms with Crippen molar-refractivity contribution in [3.8, 4) is 5.75 Å². The smallest absolute Gasteiger partial charge is 0.311 e. The lowest BCUT2D eigenvalue weighted by molar-refractivity contribution is -0.386. The molecule has 1 aromatic carbocycles. The van der Waals surface area contributed by atoms with E-state index in [2.05, 4.69) is 20.9 Å². The largest absolute Gasteiger partial charge is 0.479 e. The van der Waals surface area contributed by atoms with Crippen LogP contribution in [0, 0.1) is 10.1 Å². The lowest BCUT2D eigenvalue weighted by atomic mass is 10.2. The maximum atomic E-state index is 10.9. The summed E-state index contributed by atoms with van der Waals surface area (Å²) in [5.41, 5.74) is 0.812.